The number of carbonyl (C=O) groups is 1. The summed E-state index contributed by atoms with van der Waals surface area (Å²) in [6, 6.07) is 3.67. The Morgan fingerprint density at radius 1 is 1.69 bits per heavy atom. The van der Waals surface area contributed by atoms with Gasteiger partial charge in [-0.15, -0.1) is 6.42 Å². The first kappa shape index (κ1) is 9.40. The van der Waals surface area contributed by atoms with Gasteiger partial charge in [0.15, 0.2) is 0 Å². The zero-order valence-corrected chi connectivity index (χ0v) is 7.79. The minimum Gasteiger partial charge on any atom is -0.344 e. The van der Waals surface area contributed by atoms with Crippen LogP contribution >= 0.6 is 0 Å². The fourth-order valence-corrected chi connectivity index (χ4v) is 1.06. The molecule has 13 heavy (non-hydrogen) atoms. The van der Waals surface area contributed by atoms with Crippen LogP contribution in [0.4, 0.5) is 0 Å². The molecule has 0 bridgehead atoms. The van der Waals surface area contributed by atoms with E-state index in [0.717, 1.165) is 5.69 Å². The van der Waals surface area contributed by atoms with Crippen molar-refractivity contribution in [1.29, 1.82) is 0 Å². The van der Waals surface area contributed by atoms with Crippen molar-refractivity contribution in [2.24, 2.45) is 7.05 Å². The Balaban J connectivity index is 2.78. The van der Waals surface area contributed by atoms with Gasteiger partial charge in [0.1, 0.15) is 5.69 Å². The van der Waals surface area contributed by atoms with Crippen LogP contribution in [0.3, 0.4) is 0 Å². The second kappa shape index (κ2) is 3.81. The molecule has 1 aromatic rings. The largest absolute Gasteiger partial charge is 0.344 e. The summed E-state index contributed by atoms with van der Waals surface area (Å²) < 4.78 is 1.83. The highest BCUT2D eigenvalue weighted by Gasteiger charge is 2.08. The van der Waals surface area contributed by atoms with Crippen LogP contribution in [0.5, 0.6) is 0 Å². The summed E-state index contributed by atoms with van der Waals surface area (Å²) in [5.41, 5.74) is 1.68. The molecule has 0 aromatic carbocycles. The van der Waals surface area contributed by atoms with E-state index in [2.05, 4.69) is 11.2 Å². The van der Waals surface area contributed by atoms with Crippen molar-refractivity contribution >= 4 is 5.91 Å². The van der Waals surface area contributed by atoms with E-state index in [1.165, 1.54) is 0 Å². The summed E-state index contributed by atoms with van der Waals surface area (Å²) >= 11 is 0. The molecule has 0 fully saturated rings. The number of nitrogens with one attached hydrogen (secondary N) is 1. The minimum absolute atomic E-state index is 0.131. The van der Waals surface area contributed by atoms with Gasteiger partial charge in [-0.1, -0.05) is 5.92 Å². The lowest BCUT2D eigenvalue weighted by molar-refractivity contribution is 0.0950. The maximum absolute atomic E-state index is 11.4. The number of rotatable bonds is 2. The van der Waals surface area contributed by atoms with Gasteiger partial charge in [-0.2, -0.15) is 0 Å². The van der Waals surface area contributed by atoms with E-state index in [-0.39, 0.29) is 12.5 Å². The number of hydrogen-bond donors (Lipinski definition) is 1. The third-order valence-electron chi connectivity index (χ3n) is 1.96. The van der Waals surface area contributed by atoms with E-state index >= 15 is 0 Å². The molecule has 3 heteroatoms. The van der Waals surface area contributed by atoms with Gasteiger partial charge >= 0.3 is 0 Å². The molecule has 0 aliphatic rings. The molecule has 68 valence electrons. The highest BCUT2D eigenvalue weighted by molar-refractivity contribution is 5.93. The second-order valence-electron chi connectivity index (χ2n) is 2.81. The molecule has 1 N–H and O–H groups in total. The topological polar surface area (TPSA) is 34.0 Å². The molecule has 1 amide bonds. The number of carbonyl (C=O) groups excluding carboxylic acids is 1. The van der Waals surface area contributed by atoms with Gasteiger partial charge in [0.2, 0.25) is 0 Å². The van der Waals surface area contributed by atoms with E-state index in [4.69, 9.17) is 6.42 Å². The van der Waals surface area contributed by atoms with Gasteiger partial charge in [0, 0.05) is 12.7 Å². The predicted octanol–water partition coefficient (Wildman–Crippen LogP) is 0.697. The average Bonchev–Trinajstić information content (AvgIpc) is 2.44. The van der Waals surface area contributed by atoms with Crippen molar-refractivity contribution in [1.82, 2.24) is 9.88 Å². The summed E-state index contributed by atoms with van der Waals surface area (Å²) in [4.78, 5) is 11.4. The third kappa shape index (κ3) is 1.91. The zero-order valence-electron chi connectivity index (χ0n) is 7.79. The number of amides is 1. The molecule has 1 rings (SSSR count). The molecular weight excluding hydrogens is 164 g/mol. The molecule has 0 radical (unpaired) electrons. The van der Waals surface area contributed by atoms with E-state index < -0.39 is 0 Å². The Kier molecular flexibility index (Phi) is 2.76. The highest BCUT2D eigenvalue weighted by atomic mass is 16.1. The van der Waals surface area contributed by atoms with Crippen molar-refractivity contribution in [3.05, 3.63) is 23.5 Å². The van der Waals surface area contributed by atoms with Crippen LogP contribution in [-0.4, -0.2) is 17.0 Å². The van der Waals surface area contributed by atoms with Crippen LogP contribution in [0.2, 0.25) is 0 Å². The normalized spacial score (nSPS) is 9.31. The van der Waals surface area contributed by atoms with Crippen LogP contribution in [0.25, 0.3) is 0 Å². The van der Waals surface area contributed by atoms with Crippen molar-refractivity contribution in [2.75, 3.05) is 6.54 Å². The van der Waals surface area contributed by atoms with Crippen LogP contribution in [0.15, 0.2) is 12.1 Å². The molecule has 0 aliphatic heterocycles. The van der Waals surface area contributed by atoms with E-state index in [1.807, 2.05) is 24.6 Å². The fourth-order valence-electron chi connectivity index (χ4n) is 1.06. The lowest BCUT2D eigenvalue weighted by atomic mass is 10.4. The van der Waals surface area contributed by atoms with Crippen molar-refractivity contribution in [2.45, 2.75) is 6.92 Å². The van der Waals surface area contributed by atoms with E-state index in [1.54, 1.807) is 6.07 Å². The molecule has 0 unspecified atom stereocenters. The first-order chi connectivity index (χ1) is 6.16. The Morgan fingerprint density at radius 2 is 2.38 bits per heavy atom. The van der Waals surface area contributed by atoms with Gasteiger partial charge in [0.05, 0.1) is 6.54 Å². The lowest BCUT2D eigenvalue weighted by Crippen LogP contribution is -2.25. The van der Waals surface area contributed by atoms with Gasteiger partial charge < -0.3 is 9.88 Å². The minimum atomic E-state index is -0.131. The number of aryl methyl sites for hydroxylation is 1. The molecule has 1 heterocycles. The molecule has 0 atom stereocenters. The van der Waals surface area contributed by atoms with Crippen LogP contribution in [0.1, 0.15) is 16.2 Å². The molecule has 1 aromatic heterocycles. The number of hydrogen-bond acceptors (Lipinski definition) is 1. The Morgan fingerprint density at radius 3 is 2.85 bits per heavy atom. The standard InChI is InChI=1S/C10H12N2O/c1-4-7-11-10(13)9-6-5-8(2)12(9)3/h1,5-6H,7H2,2-3H3,(H,11,13). The van der Waals surface area contributed by atoms with Gasteiger partial charge in [0.25, 0.3) is 5.91 Å². The summed E-state index contributed by atoms with van der Waals surface area (Å²) in [5, 5.41) is 2.61. The van der Waals surface area contributed by atoms with Gasteiger partial charge in [-0.25, -0.2) is 0 Å². The summed E-state index contributed by atoms with van der Waals surface area (Å²) in [5.74, 6) is 2.22. The quantitative estimate of drug-likeness (QED) is 0.661. The van der Waals surface area contributed by atoms with Crippen LogP contribution in [-0.2, 0) is 7.05 Å². The second-order valence-corrected chi connectivity index (χ2v) is 2.81. The molecule has 0 spiro atoms. The monoisotopic (exact) mass is 176 g/mol. The van der Waals surface area contributed by atoms with Crippen LogP contribution in [0, 0.1) is 19.3 Å². The number of aromatic nitrogens is 1. The molecule has 0 aliphatic carbocycles. The Bertz CT molecular complexity index is 357. The van der Waals surface area contributed by atoms with Gasteiger partial charge in [-0.3, -0.25) is 4.79 Å². The van der Waals surface area contributed by atoms with Crippen molar-refractivity contribution < 1.29 is 4.79 Å². The van der Waals surface area contributed by atoms with Crippen LogP contribution < -0.4 is 5.32 Å². The molecule has 0 saturated heterocycles. The van der Waals surface area contributed by atoms with Gasteiger partial charge in [-0.05, 0) is 19.1 Å². The molecular formula is C10H12N2O. The Hall–Kier alpha value is -1.69. The average molecular weight is 176 g/mol. The SMILES string of the molecule is C#CCNC(=O)c1ccc(C)n1C. The third-order valence-corrected chi connectivity index (χ3v) is 1.96. The van der Waals surface area contributed by atoms with Crippen molar-refractivity contribution in [3.63, 3.8) is 0 Å². The number of nitrogens with zero attached hydrogens (tertiary/aromatic N) is 1. The summed E-state index contributed by atoms with van der Waals surface area (Å²) in [6.45, 7) is 2.21. The maximum Gasteiger partial charge on any atom is 0.268 e. The van der Waals surface area contributed by atoms with Crippen molar-refractivity contribution in [3.8, 4) is 12.3 Å². The molecule has 3 nitrogen and oxygen atoms in total. The van der Waals surface area contributed by atoms with E-state index in [0.29, 0.717) is 5.69 Å². The molecule has 0 saturated carbocycles. The first-order valence-electron chi connectivity index (χ1n) is 4.01. The predicted molar refractivity (Wildman–Crippen MR) is 51.3 cm³/mol. The zero-order chi connectivity index (χ0) is 9.84. The smallest absolute Gasteiger partial charge is 0.268 e. The summed E-state index contributed by atoms with van der Waals surface area (Å²) in [7, 11) is 1.85. The number of terminal acetylenes is 1. The maximum atomic E-state index is 11.4. The Labute approximate surface area is 77.8 Å². The summed E-state index contributed by atoms with van der Waals surface area (Å²) in [6.07, 6.45) is 5.03. The first-order valence-corrected chi connectivity index (χ1v) is 4.01. The fraction of sp³-hybridized carbons (Fsp3) is 0.300. The lowest BCUT2D eigenvalue weighted by Gasteiger charge is -2.03. The van der Waals surface area contributed by atoms with E-state index in [9.17, 15) is 4.79 Å². The highest BCUT2D eigenvalue weighted by Crippen LogP contribution is 2.04.